The number of piperidine rings is 1. The van der Waals surface area contributed by atoms with Gasteiger partial charge in [0.1, 0.15) is 6.04 Å². The summed E-state index contributed by atoms with van der Waals surface area (Å²) >= 11 is 0. The van der Waals surface area contributed by atoms with E-state index in [4.69, 9.17) is 0 Å². The van der Waals surface area contributed by atoms with E-state index in [1.807, 2.05) is 32.9 Å². The van der Waals surface area contributed by atoms with E-state index in [1.165, 1.54) is 0 Å². The Morgan fingerprint density at radius 1 is 1.24 bits per heavy atom. The van der Waals surface area contributed by atoms with Gasteiger partial charge in [-0.2, -0.15) is 0 Å². The normalized spacial score (nSPS) is 24.0. The smallest absolute Gasteiger partial charge is 0.255 e. The van der Waals surface area contributed by atoms with Crippen molar-refractivity contribution in [3.63, 3.8) is 0 Å². The van der Waals surface area contributed by atoms with Crippen molar-refractivity contribution in [1.82, 2.24) is 10.2 Å². The van der Waals surface area contributed by atoms with Gasteiger partial charge in [-0.15, -0.1) is 0 Å². The number of hydrogen-bond acceptors (Lipinski definition) is 3. The fraction of sp³-hybridized carbons (Fsp3) is 0.438. The Balaban J connectivity index is 2.06. The highest BCUT2D eigenvalue weighted by molar-refractivity contribution is 6.06. The lowest BCUT2D eigenvalue weighted by atomic mass is 9.88. The summed E-state index contributed by atoms with van der Waals surface area (Å²) in [6, 6.07) is 5.05. The number of fused-ring (bicyclic) bond motifs is 1. The molecule has 3 rings (SSSR count). The van der Waals surface area contributed by atoms with E-state index < -0.39 is 11.6 Å². The molecule has 1 aromatic rings. The minimum atomic E-state index is -0.586. The van der Waals surface area contributed by atoms with E-state index in [-0.39, 0.29) is 24.1 Å². The predicted octanol–water partition coefficient (Wildman–Crippen LogP) is 1.49. The van der Waals surface area contributed by atoms with E-state index in [9.17, 15) is 14.4 Å². The highest BCUT2D eigenvalue weighted by atomic mass is 16.2. The average molecular weight is 286 g/mol. The number of amides is 3. The SMILES string of the molecule is Cc1cccc2c1C(C)(C)N(C1CCC(=O)NC1=O)C2=O. The zero-order valence-corrected chi connectivity index (χ0v) is 12.4. The molecule has 5 nitrogen and oxygen atoms in total. The Hall–Kier alpha value is -2.17. The molecule has 1 saturated heterocycles. The highest BCUT2D eigenvalue weighted by Crippen LogP contribution is 2.42. The molecular weight excluding hydrogens is 268 g/mol. The molecule has 1 fully saturated rings. The predicted molar refractivity (Wildman–Crippen MR) is 76.5 cm³/mol. The molecule has 0 aromatic heterocycles. The van der Waals surface area contributed by atoms with E-state index in [1.54, 1.807) is 11.0 Å². The van der Waals surface area contributed by atoms with Crippen LogP contribution in [0.2, 0.25) is 0 Å². The van der Waals surface area contributed by atoms with Crippen molar-refractivity contribution in [2.24, 2.45) is 0 Å². The summed E-state index contributed by atoms with van der Waals surface area (Å²) in [6.07, 6.45) is 0.651. The summed E-state index contributed by atoms with van der Waals surface area (Å²) in [4.78, 5) is 37.8. The van der Waals surface area contributed by atoms with Crippen molar-refractivity contribution in [3.8, 4) is 0 Å². The lowest BCUT2D eigenvalue weighted by Gasteiger charge is -2.39. The van der Waals surface area contributed by atoms with Crippen molar-refractivity contribution in [3.05, 3.63) is 34.9 Å². The van der Waals surface area contributed by atoms with Gasteiger partial charge >= 0.3 is 0 Å². The number of aryl methyl sites for hydroxylation is 1. The Labute approximate surface area is 123 Å². The number of nitrogens with zero attached hydrogens (tertiary/aromatic N) is 1. The topological polar surface area (TPSA) is 66.5 Å². The quantitative estimate of drug-likeness (QED) is 0.795. The van der Waals surface area contributed by atoms with Crippen LogP contribution in [0.3, 0.4) is 0 Å². The Kier molecular flexibility index (Phi) is 2.90. The van der Waals surface area contributed by atoms with Gasteiger partial charge < -0.3 is 4.90 Å². The van der Waals surface area contributed by atoms with Gasteiger partial charge in [-0.05, 0) is 44.4 Å². The molecule has 1 N–H and O–H groups in total. The molecule has 0 radical (unpaired) electrons. The van der Waals surface area contributed by atoms with Crippen LogP contribution in [0.25, 0.3) is 0 Å². The summed E-state index contributed by atoms with van der Waals surface area (Å²) in [7, 11) is 0. The maximum Gasteiger partial charge on any atom is 0.255 e. The van der Waals surface area contributed by atoms with Crippen molar-refractivity contribution < 1.29 is 14.4 Å². The maximum absolute atomic E-state index is 12.8. The van der Waals surface area contributed by atoms with Crippen molar-refractivity contribution in [2.75, 3.05) is 0 Å². The Morgan fingerprint density at radius 3 is 2.57 bits per heavy atom. The van der Waals surface area contributed by atoms with Crippen molar-refractivity contribution in [1.29, 1.82) is 0 Å². The molecule has 0 spiro atoms. The molecule has 2 aliphatic heterocycles. The highest BCUT2D eigenvalue weighted by Gasteiger charge is 2.49. The van der Waals surface area contributed by atoms with Crippen LogP contribution < -0.4 is 5.32 Å². The van der Waals surface area contributed by atoms with Gasteiger partial charge in [-0.3, -0.25) is 19.7 Å². The van der Waals surface area contributed by atoms with Gasteiger partial charge in [0.25, 0.3) is 5.91 Å². The fourth-order valence-electron chi connectivity index (χ4n) is 3.62. The zero-order chi connectivity index (χ0) is 15.4. The van der Waals surface area contributed by atoms with E-state index in [0.717, 1.165) is 11.1 Å². The molecule has 0 saturated carbocycles. The standard InChI is InChI=1S/C16H18N2O3/c1-9-5-4-6-10-13(9)16(2,3)18(15(10)21)11-7-8-12(19)17-14(11)20/h4-6,11H,7-8H2,1-3H3,(H,17,19,20). The van der Waals surface area contributed by atoms with Gasteiger partial charge in [-0.1, -0.05) is 12.1 Å². The molecule has 5 heteroatoms. The van der Waals surface area contributed by atoms with Crippen LogP contribution in [0.4, 0.5) is 0 Å². The van der Waals surface area contributed by atoms with Crippen molar-refractivity contribution >= 4 is 17.7 Å². The molecule has 1 unspecified atom stereocenters. The first-order valence-corrected chi connectivity index (χ1v) is 7.11. The van der Waals surface area contributed by atoms with Gasteiger partial charge in [0.05, 0.1) is 5.54 Å². The summed E-state index contributed by atoms with van der Waals surface area (Å²) in [5.74, 6) is -0.777. The van der Waals surface area contributed by atoms with Crippen LogP contribution >= 0.6 is 0 Å². The first kappa shape index (κ1) is 13.8. The van der Waals surface area contributed by atoms with Crippen LogP contribution in [0.1, 0.15) is 48.2 Å². The van der Waals surface area contributed by atoms with E-state index >= 15 is 0 Å². The first-order chi connectivity index (χ1) is 9.84. The van der Waals surface area contributed by atoms with Crippen molar-refractivity contribution in [2.45, 2.75) is 45.2 Å². The first-order valence-electron chi connectivity index (χ1n) is 7.11. The zero-order valence-electron chi connectivity index (χ0n) is 12.4. The van der Waals surface area contributed by atoms with Gasteiger partial charge in [0.2, 0.25) is 11.8 Å². The minimum Gasteiger partial charge on any atom is -0.317 e. The Morgan fingerprint density at radius 2 is 1.95 bits per heavy atom. The summed E-state index contributed by atoms with van der Waals surface area (Å²) in [5.41, 5.74) is 2.12. The lowest BCUT2D eigenvalue weighted by Crippen LogP contribution is -2.57. The summed E-state index contributed by atoms with van der Waals surface area (Å²) in [6.45, 7) is 5.88. The van der Waals surface area contributed by atoms with Gasteiger partial charge in [0, 0.05) is 12.0 Å². The second kappa shape index (κ2) is 4.41. The van der Waals surface area contributed by atoms with Crippen LogP contribution in [-0.2, 0) is 15.1 Å². The molecule has 0 aliphatic carbocycles. The molecule has 2 aliphatic rings. The second-order valence-corrected chi connectivity index (χ2v) is 6.20. The molecular formula is C16H18N2O3. The van der Waals surface area contributed by atoms with Crippen LogP contribution in [0, 0.1) is 6.92 Å². The van der Waals surface area contributed by atoms with E-state index in [0.29, 0.717) is 12.0 Å². The molecule has 2 heterocycles. The van der Waals surface area contributed by atoms with Crippen LogP contribution in [-0.4, -0.2) is 28.7 Å². The number of benzene rings is 1. The number of carbonyl (C=O) groups is 3. The molecule has 1 atom stereocenters. The Bertz CT molecular complexity index is 663. The van der Waals surface area contributed by atoms with Gasteiger partial charge in [0.15, 0.2) is 0 Å². The third-order valence-electron chi connectivity index (χ3n) is 4.46. The number of rotatable bonds is 1. The monoisotopic (exact) mass is 286 g/mol. The molecule has 21 heavy (non-hydrogen) atoms. The average Bonchev–Trinajstić information content (AvgIpc) is 2.60. The molecule has 1 aromatic carbocycles. The molecule has 110 valence electrons. The number of imide groups is 1. The fourth-order valence-corrected chi connectivity index (χ4v) is 3.62. The van der Waals surface area contributed by atoms with Gasteiger partial charge in [-0.25, -0.2) is 0 Å². The van der Waals surface area contributed by atoms with Crippen LogP contribution in [0.5, 0.6) is 0 Å². The summed E-state index contributed by atoms with van der Waals surface area (Å²) < 4.78 is 0. The minimum absolute atomic E-state index is 0.131. The lowest BCUT2D eigenvalue weighted by molar-refractivity contribution is -0.138. The number of nitrogens with one attached hydrogen (secondary N) is 1. The van der Waals surface area contributed by atoms with Crippen LogP contribution in [0.15, 0.2) is 18.2 Å². The number of carbonyl (C=O) groups excluding carboxylic acids is 3. The largest absolute Gasteiger partial charge is 0.317 e. The summed E-state index contributed by atoms with van der Waals surface area (Å²) in [5, 5.41) is 2.33. The molecule has 3 amide bonds. The maximum atomic E-state index is 12.8. The van der Waals surface area contributed by atoms with E-state index in [2.05, 4.69) is 5.32 Å². The second-order valence-electron chi connectivity index (χ2n) is 6.20. The third-order valence-corrected chi connectivity index (χ3v) is 4.46. The third kappa shape index (κ3) is 1.87. The number of hydrogen-bond donors (Lipinski definition) is 1. The molecule has 0 bridgehead atoms.